The summed E-state index contributed by atoms with van der Waals surface area (Å²) in [5.74, 6) is 6.45. The highest BCUT2D eigenvalue weighted by molar-refractivity contribution is 7.85. The van der Waals surface area contributed by atoms with Gasteiger partial charge in [0.25, 0.3) is 0 Å². The summed E-state index contributed by atoms with van der Waals surface area (Å²) in [6, 6.07) is 9.23. The van der Waals surface area contributed by atoms with Gasteiger partial charge in [0.2, 0.25) is 0 Å². The molecule has 5 heteroatoms. The molecule has 0 amide bonds. The summed E-state index contributed by atoms with van der Waals surface area (Å²) < 4.78 is 17.2. The van der Waals surface area contributed by atoms with Crippen LogP contribution >= 0.6 is 0 Å². The lowest BCUT2D eigenvalue weighted by Gasteiger charge is -2.31. The second kappa shape index (κ2) is 7.43. The Balaban J connectivity index is 1.85. The van der Waals surface area contributed by atoms with Crippen LogP contribution in [0.3, 0.4) is 0 Å². The number of carbonyl (C=O) groups is 1. The van der Waals surface area contributed by atoms with E-state index >= 15 is 0 Å². The van der Waals surface area contributed by atoms with E-state index < -0.39 is 10.8 Å². The Morgan fingerprint density at radius 2 is 2.08 bits per heavy atom. The molecule has 2 aromatic rings. The highest BCUT2D eigenvalue weighted by Crippen LogP contribution is 2.37. The summed E-state index contributed by atoms with van der Waals surface area (Å²) in [4.78, 5) is 16.8. The fraction of sp³-hybridized carbons (Fsp3) is 0.333. The third kappa shape index (κ3) is 3.86. The first-order chi connectivity index (χ1) is 12.4. The zero-order chi connectivity index (χ0) is 18.7. The van der Waals surface area contributed by atoms with Gasteiger partial charge in [-0.05, 0) is 60.6 Å². The van der Waals surface area contributed by atoms with Crippen LogP contribution in [0.4, 0.5) is 0 Å². The summed E-state index contributed by atoms with van der Waals surface area (Å²) in [7, 11) is -0.923. The summed E-state index contributed by atoms with van der Waals surface area (Å²) in [6.45, 7) is 6.45. The lowest BCUT2D eigenvalue weighted by Crippen LogP contribution is -2.27. The lowest BCUT2D eigenvalue weighted by molar-refractivity contribution is 0.0526. The van der Waals surface area contributed by atoms with Crippen LogP contribution in [0.5, 0.6) is 0 Å². The van der Waals surface area contributed by atoms with Crippen molar-refractivity contribution < 1.29 is 13.7 Å². The van der Waals surface area contributed by atoms with E-state index in [1.165, 1.54) is 6.20 Å². The van der Waals surface area contributed by atoms with E-state index in [9.17, 15) is 9.00 Å². The number of aromatic nitrogens is 1. The van der Waals surface area contributed by atoms with Crippen LogP contribution in [0.15, 0.2) is 41.4 Å². The van der Waals surface area contributed by atoms with Crippen molar-refractivity contribution in [1.29, 1.82) is 0 Å². The molecule has 4 nitrogen and oxygen atoms in total. The first-order valence-electron chi connectivity index (χ1n) is 8.59. The van der Waals surface area contributed by atoms with E-state index in [0.29, 0.717) is 23.6 Å². The van der Waals surface area contributed by atoms with Crippen LogP contribution in [0, 0.1) is 11.8 Å². The Morgan fingerprint density at radius 3 is 2.77 bits per heavy atom. The van der Waals surface area contributed by atoms with E-state index in [1.54, 1.807) is 19.1 Å². The minimum Gasteiger partial charge on any atom is -0.462 e. The minimum absolute atomic E-state index is 0.000467. The molecule has 0 bridgehead atoms. The molecule has 2 heterocycles. The van der Waals surface area contributed by atoms with Crippen molar-refractivity contribution in [3.63, 3.8) is 0 Å². The second-order valence-corrected chi connectivity index (χ2v) is 8.34. The Bertz CT molecular complexity index is 921. The smallest absolute Gasteiger partial charge is 0.339 e. The first-order valence-corrected chi connectivity index (χ1v) is 9.91. The van der Waals surface area contributed by atoms with Gasteiger partial charge in [-0.3, -0.25) is 4.21 Å². The molecule has 1 aliphatic heterocycles. The molecule has 3 rings (SSSR count). The minimum atomic E-state index is -0.923. The van der Waals surface area contributed by atoms with Gasteiger partial charge in [-0.1, -0.05) is 19.8 Å². The van der Waals surface area contributed by atoms with E-state index in [2.05, 4.69) is 30.7 Å². The van der Waals surface area contributed by atoms with Crippen molar-refractivity contribution in [2.45, 2.75) is 37.5 Å². The van der Waals surface area contributed by atoms with Gasteiger partial charge in [0.1, 0.15) is 5.69 Å². The number of rotatable bonds is 2. The van der Waals surface area contributed by atoms with Crippen molar-refractivity contribution in [3.05, 3.63) is 58.9 Å². The number of ether oxygens (including phenoxy) is 1. The molecule has 0 saturated heterocycles. The normalized spacial score (nSPS) is 17.6. The van der Waals surface area contributed by atoms with E-state index in [4.69, 9.17) is 4.74 Å². The van der Waals surface area contributed by atoms with Crippen LogP contribution < -0.4 is 0 Å². The maximum absolute atomic E-state index is 12.2. The number of nitrogens with zero attached hydrogens (tertiary/aromatic N) is 1. The van der Waals surface area contributed by atoms with Crippen LogP contribution in [-0.2, 0) is 21.0 Å². The number of pyridine rings is 1. The maximum atomic E-state index is 12.2. The summed E-state index contributed by atoms with van der Waals surface area (Å²) in [6.07, 6.45) is 2.38. The predicted octanol–water partition coefficient (Wildman–Crippen LogP) is 3.45. The van der Waals surface area contributed by atoms with E-state index in [-0.39, 0.29) is 11.4 Å². The highest BCUT2D eigenvalue weighted by Gasteiger charge is 2.31. The Morgan fingerprint density at radius 1 is 1.27 bits per heavy atom. The average molecular weight is 367 g/mol. The fourth-order valence-electron chi connectivity index (χ4n) is 2.87. The molecule has 0 aliphatic carbocycles. The van der Waals surface area contributed by atoms with Gasteiger partial charge in [0.05, 0.1) is 23.0 Å². The number of hydrogen-bond donors (Lipinski definition) is 0. The molecule has 0 fully saturated rings. The van der Waals surface area contributed by atoms with E-state index in [1.807, 2.05) is 18.2 Å². The molecule has 26 heavy (non-hydrogen) atoms. The van der Waals surface area contributed by atoms with Crippen LogP contribution in [0.2, 0.25) is 0 Å². The standard InChI is InChI=1S/C21H21NO3S/c1-4-25-20(23)16-7-9-17(22-14-16)8-5-15-6-10-19-18(13-15)21(2,3)11-12-26(19)24/h6-7,9-10,13-14H,4,11-12H2,1-3H3. The molecule has 0 saturated carbocycles. The van der Waals surface area contributed by atoms with Crippen molar-refractivity contribution >= 4 is 16.8 Å². The summed E-state index contributed by atoms with van der Waals surface area (Å²) in [5.41, 5.74) is 2.97. The zero-order valence-corrected chi connectivity index (χ0v) is 16.0. The van der Waals surface area contributed by atoms with Gasteiger partial charge in [0, 0.05) is 22.4 Å². The first kappa shape index (κ1) is 18.3. The number of fused-ring (bicyclic) bond motifs is 1. The van der Waals surface area contributed by atoms with Gasteiger partial charge in [-0.15, -0.1) is 0 Å². The Labute approximate surface area is 156 Å². The van der Waals surface area contributed by atoms with Crippen LogP contribution in [-0.4, -0.2) is 27.5 Å². The monoisotopic (exact) mass is 367 g/mol. The highest BCUT2D eigenvalue weighted by atomic mass is 32.2. The van der Waals surface area contributed by atoms with Gasteiger partial charge in [-0.2, -0.15) is 0 Å². The predicted molar refractivity (Wildman–Crippen MR) is 102 cm³/mol. The van der Waals surface area contributed by atoms with Crippen LogP contribution in [0.1, 0.15) is 54.4 Å². The fourth-order valence-corrected chi connectivity index (χ4v) is 4.58. The zero-order valence-electron chi connectivity index (χ0n) is 15.2. The summed E-state index contributed by atoms with van der Waals surface area (Å²) in [5, 5.41) is 0. The molecular weight excluding hydrogens is 346 g/mol. The Kier molecular flexibility index (Phi) is 5.24. The van der Waals surface area contributed by atoms with Crippen molar-refractivity contribution in [2.24, 2.45) is 0 Å². The topological polar surface area (TPSA) is 56.3 Å². The number of benzene rings is 1. The molecular formula is C21H21NO3S. The van der Waals surface area contributed by atoms with Gasteiger partial charge in [0.15, 0.2) is 0 Å². The quantitative estimate of drug-likeness (QED) is 0.603. The largest absolute Gasteiger partial charge is 0.462 e. The number of hydrogen-bond acceptors (Lipinski definition) is 4. The second-order valence-electron chi connectivity index (χ2n) is 6.80. The molecule has 1 unspecified atom stereocenters. The molecule has 0 radical (unpaired) electrons. The lowest BCUT2D eigenvalue weighted by atomic mass is 9.81. The molecule has 1 atom stereocenters. The third-order valence-corrected chi connectivity index (χ3v) is 5.90. The van der Waals surface area contributed by atoms with Gasteiger partial charge < -0.3 is 4.74 Å². The summed E-state index contributed by atoms with van der Waals surface area (Å²) >= 11 is 0. The molecule has 0 spiro atoms. The maximum Gasteiger partial charge on any atom is 0.339 e. The van der Waals surface area contributed by atoms with Crippen LogP contribution in [0.25, 0.3) is 0 Å². The number of carbonyl (C=O) groups excluding carboxylic acids is 1. The van der Waals surface area contributed by atoms with Gasteiger partial charge >= 0.3 is 5.97 Å². The van der Waals surface area contributed by atoms with Crippen molar-refractivity contribution in [1.82, 2.24) is 4.98 Å². The molecule has 134 valence electrons. The SMILES string of the molecule is CCOC(=O)c1ccc(C#Cc2ccc3c(c2)C(C)(C)CCS3=O)nc1. The van der Waals surface area contributed by atoms with Crippen molar-refractivity contribution in [3.8, 4) is 11.8 Å². The molecule has 1 aliphatic rings. The third-order valence-electron chi connectivity index (χ3n) is 4.48. The molecule has 0 N–H and O–H groups in total. The van der Waals surface area contributed by atoms with E-state index in [0.717, 1.165) is 22.4 Å². The van der Waals surface area contributed by atoms with Crippen molar-refractivity contribution in [2.75, 3.05) is 12.4 Å². The Hall–Kier alpha value is -2.45. The molecule has 1 aromatic heterocycles. The molecule has 1 aromatic carbocycles. The van der Waals surface area contributed by atoms with Gasteiger partial charge in [-0.25, -0.2) is 9.78 Å². The average Bonchev–Trinajstić information content (AvgIpc) is 2.64. The number of esters is 1.